The summed E-state index contributed by atoms with van der Waals surface area (Å²) in [5, 5.41) is 22.9. The third-order valence-corrected chi connectivity index (χ3v) is 7.30. The summed E-state index contributed by atoms with van der Waals surface area (Å²) < 4.78 is 34.2. The predicted octanol–water partition coefficient (Wildman–Crippen LogP) is 0.394. The first-order valence-electron chi connectivity index (χ1n) is 11.4. The van der Waals surface area contributed by atoms with Gasteiger partial charge in [0.1, 0.15) is 32.3 Å². The molecule has 1 saturated heterocycles. The van der Waals surface area contributed by atoms with Crippen molar-refractivity contribution >= 4 is 33.2 Å². The third kappa shape index (κ3) is 7.57. The predicted molar refractivity (Wildman–Crippen MR) is 136 cm³/mol. The number of nitrogens with zero attached hydrogens (tertiary/aromatic N) is 1. The molecule has 13 nitrogen and oxygen atoms in total. The normalized spacial score (nSPS) is 25.9. The van der Waals surface area contributed by atoms with E-state index in [2.05, 4.69) is 5.09 Å². The van der Waals surface area contributed by atoms with Crippen molar-refractivity contribution in [2.24, 2.45) is 0 Å². The lowest BCUT2D eigenvalue weighted by molar-refractivity contribution is -0.151. The molecule has 1 aromatic heterocycles. The minimum Gasteiger partial charge on any atom is -0.461 e. The molecular formula is C22H28BClN3O10P. The van der Waals surface area contributed by atoms with Crippen molar-refractivity contribution in [2.75, 3.05) is 13.2 Å². The smallest absolute Gasteiger partial charge is 0.459 e. The van der Waals surface area contributed by atoms with Gasteiger partial charge in [0, 0.05) is 12.3 Å². The highest BCUT2D eigenvalue weighted by atomic mass is 35.5. The van der Waals surface area contributed by atoms with Gasteiger partial charge >= 0.3 is 19.4 Å². The molecule has 1 unspecified atom stereocenters. The molecule has 0 amide bonds. The molecular weight excluding hydrogens is 543 g/mol. The molecule has 2 radical (unpaired) electrons. The standard InChI is InChI=1S/C22H28BClN3O10P/c1-13(18(30)34-12-21(2,3)32)26-38(33,37-14-7-5-4-6-8-14)35-11-15-17(29)22(23,24)19(36-15)27-10-9-16(28)25-20(27)31/h4-10,13,15,17,19,29,32H,11-12H2,1-3H3,(H,26,33)(H,25,28,31)/t13-,15+,17+,19+,22-,38?/m0/s1. The van der Waals surface area contributed by atoms with E-state index in [1.165, 1.54) is 32.9 Å². The Bertz CT molecular complexity index is 1280. The summed E-state index contributed by atoms with van der Waals surface area (Å²) in [5.41, 5.74) is -2.83. The van der Waals surface area contributed by atoms with E-state index in [1.54, 1.807) is 18.2 Å². The highest BCUT2D eigenvalue weighted by molar-refractivity contribution is 7.52. The van der Waals surface area contributed by atoms with Crippen LogP contribution in [0.5, 0.6) is 5.75 Å². The number of H-pyrrole nitrogens is 1. The summed E-state index contributed by atoms with van der Waals surface area (Å²) in [7, 11) is 1.68. The SMILES string of the molecule is [B][C@]1(Cl)[C@H](O)[C@@H](COP(=O)(N[C@@H](C)C(=O)OCC(C)(C)O)Oc2ccccc2)O[C@H]1n1ccc(=O)[nH]c1=O. The number of esters is 1. The minimum absolute atomic E-state index is 0.136. The van der Waals surface area contributed by atoms with Gasteiger partial charge in [0.2, 0.25) is 0 Å². The highest BCUT2D eigenvalue weighted by Crippen LogP contribution is 2.47. The van der Waals surface area contributed by atoms with E-state index in [0.29, 0.717) is 0 Å². The molecule has 4 N–H and O–H groups in total. The number of aliphatic hydroxyl groups excluding tert-OH is 1. The number of ether oxygens (including phenoxy) is 2. The molecule has 1 aliphatic heterocycles. The van der Waals surface area contributed by atoms with E-state index in [9.17, 15) is 29.2 Å². The molecule has 2 heterocycles. The second kappa shape index (κ2) is 11.7. The summed E-state index contributed by atoms with van der Waals surface area (Å²) in [6.45, 7) is 3.32. The molecule has 1 aromatic carbocycles. The van der Waals surface area contributed by atoms with Crippen LogP contribution in [-0.4, -0.2) is 75.4 Å². The first-order chi connectivity index (χ1) is 17.6. The average Bonchev–Trinajstić information content (AvgIpc) is 3.04. The second-order valence-corrected chi connectivity index (χ2v) is 11.6. The van der Waals surface area contributed by atoms with Crippen LogP contribution in [0, 0.1) is 0 Å². The first kappa shape index (κ1) is 30.1. The fraction of sp³-hybridized carbons (Fsp3) is 0.500. The third-order valence-electron chi connectivity index (χ3n) is 5.24. The topological polar surface area (TPSA) is 178 Å². The van der Waals surface area contributed by atoms with E-state index in [-0.39, 0.29) is 12.4 Å². The van der Waals surface area contributed by atoms with Gasteiger partial charge in [-0.2, -0.15) is 5.09 Å². The second-order valence-electron chi connectivity index (χ2n) is 9.28. The quantitative estimate of drug-likeness (QED) is 0.127. The molecule has 3 rings (SSSR count). The number of para-hydroxylation sites is 1. The van der Waals surface area contributed by atoms with Crippen LogP contribution >= 0.6 is 19.3 Å². The van der Waals surface area contributed by atoms with Crippen LogP contribution in [0.4, 0.5) is 0 Å². The zero-order chi connectivity index (χ0) is 28.3. The Morgan fingerprint density at radius 1 is 1.34 bits per heavy atom. The van der Waals surface area contributed by atoms with Gasteiger partial charge in [-0.05, 0) is 32.9 Å². The Morgan fingerprint density at radius 3 is 2.61 bits per heavy atom. The van der Waals surface area contributed by atoms with Crippen molar-refractivity contribution in [1.29, 1.82) is 0 Å². The van der Waals surface area contributed by atoms with Gasteiger partial charge in [-0.3, -0.25) is 23.7 Å². The molecule has 0 aliphatic carbocycles. The Kier molecular flexibility index (Phi) is 9.30. The lowest BCUT2D eigenvalue weighted by atomic mass is 9.79. The number of hydrogen-bond acceptors (Lipinski definition) is 10. The maximum atomic E-state index is 13.7. The molecule has 0 bridgehead atoms. The molecule has 16 heteroatoms. The Hall–Kier alpha value is -2.45. The van der Waals surface area contributed by atoms with Crippen LogP contribution in [0.15, 0.2) is 52.2 Å². The van der Waals surface area contributed by atoms with Crippen molar-refractivity contribution < 1.29 is 38.1 Å². The molecule has 206 valence electrons. The fourth-order valence-electron chi connectivity index (χ4n) is 3.34. The van der Waals surface area contributed by atoms with Gasteiger partial charge < -0.3 is 24.2 Å². The van der Waals surface area contributed by atoms with Crippen molar-refractivity contribution in [3.8, 4) is 5.75 Å². The molecule has 6 atom stereocenters. The van der Waals surface area contributed by atoms with Gasteiger partial charge in [0.05, 0.1) is 23.1 Å². The lowest BCUT2D eigenvalue weighted by Gasteiger charge is -2.27. The van der Waals surface area contributed by atoms with Crippen LogP contribution in [0.1, 0.15) is 27.0 Å². The molecule has 0 spiro atoms. The van der Waals surface area contributed by atoms with E-state index in [0.717, 1.165) is 16.8 Å². The summed E-state index contributed by atoms with van der Waals surface area (Å²) in [6, 6.07) is 7.76. The maximum absolute atomic E-state index is 13.7. The molecule has 1 fully saturated rings. The van der Waals surface area contributed by atoms with E-state index >= 15 is 0 Å². The number of aromatic nitrogens is 2. The number of aliphatic hydroxyl groups is 2. The van der Waals surface area contributed by atoms with Crippen molar-refractivity contribution in [3.05, 3.63) is 63.4 Å². The molecule has 1 aliphatic rings. The Labute approximate surface area is 224 Å². The van der Waals surface area contributed by atoms with Gasteiger partial charge in [0.15, 0.2) is 6.23 Å². The number of alkyl halides is 1. The fourth-order valence-corrected chi connectivity index (χ4v) is 5.14. The summed E-state index contributed by atoms with van der Waals surface area (Å²) in [5.74, 6) is -0.708. The number of rotatable bonds is 11. The maximum Gasteiger partial charge on any atom is 0.459 e. The van der Waals surface area contributed by atoms with Crippen molar-refractivity contribution in [1.82, 2.24) is 14.6 Å². The van der Waals surface area contributed by atoms with Crippen LogP contribution in [0.2, 0.25) is 0 Å². The van der Waals surface area contributed by atoms with E-state index in [4.69, 9.17) is 38.0 Å². The van der Waals surface area contributed by atoms with Crippen LogP contribution < -0.4 is 20.9 Å². The average molecular weight is 572 g/mol. The number of carbonyl (C=O) groups is 1. The summed E-state index contributed by atoms with van der Waals surface area (Å²) in [4.78, 5) is 38.0. The van der Waals surface area contributed by atoms with Gasteiger partial charge in [-0.15, -0.1) is 11.6 Å². The van der Waals surface area contributed by atoms with Gasteiger partial charge in [0.25, 0.3) is 5.56 Å². The summed E-state index contributed by atoms with van der Waals surface area (Å²) in [6.07, 6.45) is -3.28. The van der Waals surface area contributed by atoms with Crippen LogP contribution in [-0.2, 0) is 23.4 Å². The van der Waals surface area contributed by atoms with Crippen molar-refractivity contribution in [2.45, 2.75) is 55.6 Å². The number of aromatic amines is 1. The van der Waals surface area contributed by atoms with Crippen molar-refractivity contribution in [3.63, 3.8) is 0 Å². The number of halogens is 1. The lowest BCUT2D eigenvalue weighted by Crippen LogP contribution is -2.45. The summed E-state index contributed by atoms with van der Waals surface area (Å²) >= 11 is 6.30. The van der Waals surface area contributed by atoms with Crippen LogP contribution in [0.25, 0.3) is 0 Å². The monoisotopic (exact) mass is 571 g/mol. The number of nitrogens with one attached hydrogen (secondary N) is 2. The molecule has 2 aromatic rings. The van der Waals surface area contributed by atoms with E-state index < -0.39 is 66.4 Å². The number of carbonyl (C=O) groups excluding carboxylic acids is 1. The van der Waals surface area contributed by atoms with Crippen LogP contribution in [0.3, 0.4) is 0 Å². The zero-order valence-electron chi connectivity index (χ0n) is 20.8. The Balaban J connectivity index is 1.78. The number of hydrogen-bond donors (Lipinski definition) is 4. The van der Waals surface area contributed by atoms with Gasteiger partial charge in [-0.25, -0.2) is 9.36 Å². The minimum atomic E-state index is -4.35. The zero-order valence-corrected chi connectivity index (χ0v) is 22.4. The molecule has 38 heavy (non-hydrogen) atoms. The molecule has 0 saturated carbocycles. The Morgan fingerprint density at radius 2 is 2.00 bits per heavy atom. The van der Waals surface area contributed by atoms with Gasteiger partial charge in [-0.1, -0.05) is 18.2 Å². The first-order valence-corrected chi connectivity index (χ1v) is 13.3. The highest BCUT2D eigenvalue weighted by Gasteiger charge is 2.53. The number of benzene rings is 1. The largest absolute Gasteiger partial charge is 0.461 e. The van der Waals surface area contributed by atoms with E-state index in [1.807, 2.05) is 4.98 Å².